The van der Waals surface area contributed by atoms with E-state index < -0.39 is 85.2 Å². The Kier molecular flexibility index (Phi) is 13.3. The van der Waals surface area contributed by atoms with E-state index in [4.69, 9.17) is 9.11 Å². The van der Waals surface area contributed by atoms with Crippen LogP contribution >= 0.6 is 0 Å². The third-order valence-corrected chi connectivity index (χ3v) is 9.19. The molecule has 0 aliphatic heterocycles. The van der Waals surface area contributed by atoms with Crippen molar-refractivity contribution >= 4 is 54.4 Å². The van der Waals surface area contributed by atoms with Gasteiger partial charge in [-0.3, -0.25) is 38.9 Å². The molecule has 0 atom stereocenters. The monoisotopic (exact) mass is 886 g/mol. The van der Waals surface area contributed by atoms with Gasteiger partial charge in [0.25, 0.3) is 42.7 Å². The number of nitro groups is 2. The van der Waals surface area contributed by atoms with Gasteiger partial charge in [0.15, 0.2) is 0 Å². The zero-order valence-corrected chi connectivity index (χ0v) is 32.5. The van der Waals surface area contributed by atoms with Crippen molar-refractivity contribution in [1.29, 1.82) is 0 Å². The van der Waals surface area contributed by atoms with Gasteiger partial charge >= 0.3 is 17.4 Å². The van der Waals surface area contributed by atoms with Crippen molar-refractivity contribution in [2.24, 2.45) is 20.5 Å². The Morgan fingerprint density at radius 3 is 1.20 bits per heavy atom. The van der Waals surface area contributed by atoms with E-state index in [1.165, 1.54) is 13.8 Å². The summed E-state index contributed by atoms with van der Waals surface area (Å²) in [5, 5.41) is 68.6. The molecule has 0 spiro atoms. The Bertz CT molecular complexity index is 2800. The summed E-state index contributed by atoms with van der Waals surface area (Å²) in [5.41, 5.74) is -4.29. The number of para-hydroxylation sites is 2. The molecule has 0 amide bonds. The Labute approximate surface area is 340 Å². The fourth-order valence-electron chi connectivity index (χ4n) is 4.79. The summed E-state index contributed by atoms with van der Waals surface area (Å²) in [6.07, 6.45) is 0. The van der Waals surface area contributed by atoms with E-state index in [9.17, 15) is 56.9 Å². The first-order valence-corrected chi connectivity index (χ1v) is 18.5. The van der Waals surface area contributed by atoms with E-state index in [0.29, 0.717) is 35.6 Å². The zero-order chi connectivity index (χ0) is 42.7. The van der Waals surface area contributed by atoms with Crippen LogP contribution in [-0.2, 0) is 37.6 Å². The minimum atomic E-state index is -4.85. The van der Waals surface area contributed by atoms with Gasteiger partial charge in [0.2, 0.25) is 0 Å². The van der Waals surface area contributed by atoms with E-state index in [1.54, 1.807) is 60.7 Å². The predicted octanol–water partition coefficient (Wildman–Crippen LogP) is 3.49. The number of nitro benzene ring substituents is 2. The fraction of sp³-hybridized carbons (Fsp3) is 0.0625. The van der Waals surface area contributed by atoms with E-state index in [2.05, 4.69) is 30.7 Å². The van der Waals surface area contributed by atoms with E-state index >= 15 is 0 Å². The molecule has 0 aliphatic rings. The minimum absolute atomic E-state index is 0. The van der Waals surface area contributed by atoms with Crippen LogP contribution in [0.2, 0.25) is 0 Å². The molecule has 4 aromatic carbocycles. The summed E-state index contributed by atoms with van der Waals surface area (Å²) < 4.78 is 65.6. The third-order valence-electron chi connectivity index (χ3n) is 7.53. The fourth-order valence-corrected chi connectivity index (χ4v) is 5.83. The van der Waals surface area contributed by atoms with Crippen molar-refractivity contribution in [3.05, 3.63) is 137 Å². The summed E-state index contributed by atoms with van der Waals surface area (Å²) in [7, 11) is -9.70. The van der Waals surface area contributed by atoms with E-state index in [-0.39, 0.29) is 40.1 Å². The maximum atomic E-state index is 12.5. The SMILES string of the molecule is Cc1[n-]n(-c2ccccc2)c(=O)c1N=Nc1cc(S(=O)(=O)O)cc([N+](=O)[O-])c1[O-].Cc1[n-]n(-c2ccccc2)c(=O)c1N=Nc1cc(S(=O)(=O)O)cc([N+](=O)[O-])c1[O-].[Cr+3]. The standard InChI is InChI=1S/2C16H13N5O7S.Cr/c2*1-9-14(16(23)20(19-9)10-5-3-2-4-6-10)18-17-12-7-11(29(26,27)28)8-13(15(12)22)21(24)25;/h2*2-8H,1H3,(H3,17,18,19,22,23,26,27,28);/q;;+3/p-4. The maximum Gasteiger partial charge on any atom is 3.00 e. The van der Waals surface area contributed by atoms with Gasteiger partial charge in [0, 0.05) is 35.0 Å². The van der Waals surface area contributed by atoms with Crippen LogP contribution in [0.25, 0.3) is 11.4 Å². The first-order chi connectivity index (χ1) is 27.2. The average Bonchev–Trinajstić information content (AvgIpc) is 3.61. The van der Waals surface area contributed by atoms with Gasteiger partial charge in [-0.05, 0) is 36.4 Å². The van der Waals surface area contributed by atoms with Crippen LogP contribution in [0.1, 0.15) is 11.4 Å². The van der Waals surface area contributed by atoms with Crippen molar-refractivity contribution in [3.63, 3.8) is 0 Å². The first kappa shape index (κ1) is 44.6. The molecule has 0 unspecified atom stereocenters. The summed E-state index contributed by atoms with van der Waals surface area (Å²) in [4.78, 5) is 43.0. The number of rotatable bonds is 10. The number of hydrogen-bond acceptors (Lipinski definition) is 16. The Hall–Kier alpha value is -7.15. The van der Waals surface area contributed by atoms with Crippen molar-refractivity contribution < 1.29 is 63.4 Å². The molecule has 6 rings (SSSR count). The quantitative estimate of drug-likeness (QED) is 0.0860. The van der Waals surface area contributed by atoms with Crippen LogP contribution in [0.3, 0.4) is 0 Å². The summed E-state index contributed by atoms with van der Waals surface area (Å²) in [6, 6.07) is 18.8. The van der Waals surface area contributed by atoms with Gasteiger partial charge in [-0.1, -0.05) is 50.2 Å². The zero-order valence-electron chi connectivity index (χ0n) is 29.6. The van der Waals surface area contributed by atoms with E-state index in [1.807, 2.05) is 0 Å². The number of hydrogen-bond donors (Lipinski definition) is 2. The van der Waals surface area contributed by atoms with Crippen molar-refractivity contribution in [2.75, 3.05) is 0 Å². The van der Waals surface area contributed by atoms with Gasteiger partial charge in [0.1, 0.15) is 21.2 Å². The van der Waals surface area contributed by atoms with Crippen LogP contribution < -0.4 is 31.5 Å². The maximum absolute atomic E-state index is 12.5. The molecule has 0 bridgehead atoms. The minimum Gasteiger partial charge on any atom is -0.866 e. The van der Waals surface area contributed by atoms with Gasteiger partial charge < -0.3 is 29.8 Å². The summed E-state index contributed by atoms with van der Waals surface area (Å²) >= 11 is 0. The number of aromatic nitrogens is 4. The molecule has 2 heterocycles. The molecule has 2 aromatic heterocycles. The molecule has 0 aliphatic carbocycles. The van der Waals surface area contributed by atoms with Gasteiger partial charge in [0.05, 0.1) is 21.2 Å². The first-order valence-electron chi connectivity index (χ1n) is 15.6. The van der Waals surface area contributed by atoms with Crippen molar-refractivity contribution in [1.82, 2.24) is 19.6 Å². The molecule has 27 heteroatoms. The third kappa shape index (κ3) is 9.88. The second-order valence-corrected chi connectivity index (χ2v) is 14.3. The topological polar surface area (TPSA) is 363 Å². The molecule has 59 heavy (non-hydrogen) atoms. The molecule has 6 aromatic rings. The molecule has 1 radical (unpaired) electrons. The van der Waals surface area contributed by atoms with Gasteiger partial charge in [-0.2, -0.15) is 27.1 Å². The van der Waals surface area contributed by atoms with Crippen molar-refractivity contribution in [2.45, 2.75) is 23.6 Å². The average molecular weight is 887 g/mol. The normalized spacial score (nSPS) is 11.6. The molecular weight excluding hydrogens is 865 g/mol. The molecule has 2 N–H and O–H groups in total. The van der Waals surface area contributed by atoms with Crippen LogP contribution in [0.5, 0.6) is 11.5 Å². The van der Waals surface area contributed by atoms with Crippen LogP contribution in [0.15, 0.2) is 125 Å². The number of benzene rings is 4. The molecular formula is C32H22CrN10O14S2-. The predicted molar refractivity (Wildman–Crippen MR) is 193 cm³/mol. The van der Waals surface area contributed by atoms with Crippen LogP contribution in [0, 0.1) is 34.1 Å². The summed E-state index contributed by atoms with van der Waals surface area (Å²) in [6.45, 7) is 2.93. The molecule has 303 valence electrons. The molecule has 24 nitrogen and oxygen atoms in total. The second-order valence-electron chi connectivity index (χ2n) is 11.4. The Morgan fingerprint density at radius 2 is 0.915 bits per heavy atom. The van der Waals surface area contributed by atoms with Gasteiger partial charge in [-0.25, -0.2) is 0 Å². The Morgan fingerprint density at radius 1 is 0.593 bits per heavy atom. The number of aryl methyl sites for hydroxylation is 2. The Balaban J connectivity index is 0.000000256. The molecule has 0 saturated carbocycles. The van der Waals surface area contributed by atoms with Crippen LogP contribution in [0.4, 0.5) is 34.1 Å². The summed E-state index contributed by atoms with van der Waals surface area (Å²) in [5.74, 6) is -2.46. The molecule has 0 fully saturated rings. The largest absolute Gasteiger partial charge is 3.00 e. The molecule has 0 saturated heterocycles. The van der Waals surface area contributed by atoms with Crippen LogP contribution in [-0.4, -0.2) is 45.2 Å². The van der Waals surface area contributed by atoms with E-state index in [0.717, 1.165) is 9.36 Å². The second kappa shape index (κ2) is 17.6. The number of nitrogens with zero attached hydrogens (tertiary/aromatic N) is 10. The smallest absolute Gasteiger partial charge is 0.866 e. The van der Waals surface area contributed by atoms with Gasteiger partial charge in [-0.15, -0.1) is 21.6 Å². The van der Waals surface area contributed by atoms with Crippen molar-refractivity contribution in [3.8, 4) is 22.9 Å². The number of azo groups is 2.